The quantitative estimate of drug-likeness (QED) is 0.592. The van der Waals surface area contributed by atoms with Crippen LogP contribution in [0.2, 0.25) is 5.02 Å². The van der Waals surface area contributed by atoms with E-state index in [1.165, 1.54) is 0 Å². The van der Waals surface area contributed by atoms with Gasteiger partial charge in [-0.1, -0.05) is 29.8 Å². The number of Topliss-reactive ketones (excluding diaryl/α,β-unsaturated/α-hetero) is 1. The highest BCUT2D eigenvalue weighted by atomic mass is 35.5. The van der Waals surface area contributed by atoms with Crippen LogP contribution in [-0.4, -0.2) is 18.9 Å². The molecule has 0 saturated heterocycles. The van der Waals surface area contributed by atoms with Crippen LogP contribution in [0.3, 0.4) is 0 Å². The minimum absolute atomic E-state index is 0.166. The summed E-state index contributed by atoms with van der Waals surface area (Å²) in [5.41, 5.74) is 0.991. The van der Waals surface area contributed by atoms with Crippen molar-refractivity contribution in [3.05, 3.63) is 47.5 Å². The maximum absolute atomic E-state index is 11.4. The van der Waals surface area contributed by atoms with E-state index in [1.54, 1.807) is 18.2 Å². The summed E-state index contributed by atoms with van der Waals surface area (Å²) >= 11 is 5.74. The van der Waals surface area contributed by atoms with Crippen molar-refractivity contribution in [3.8, 4) is 0 Å². The lowest BCUT2D eigenvalue weighted by molar-refractivity contribution is -0.117. The molecular weight excluding hydrogens is 210 g/mol. The Morgan fingerprint density at radius 3 is 2.67 bits per heavy atom. The molecule has 0 spiro atoms. The second-order valence-corrected chi connectivity index (χ2v) is 3.70. The molecule has 0 aliphatic rings. The highest BCUT2D eigenvalue weighted by molar-refractivity contribution is 6.30. The summed E-state index contributed by atoms with van der Waals surface area (Å²) < 4.78 is 0. The Kier molecular flexibility index (Phi) is 5.08. The molecule has 0 atom stereocenters. The summed E-state index contributed by atoms with van der Waals surface area (Å²) in [6, 6.07) is 7.32. The fraction of sp³-hybridized carbons (Fsp3) is 0.250. The first-order valence-electron chi connectivity index (χ1n) is 4.80. The van der Waals surface area contributed by atoms with Gasteiger partial charge in [0.25, 0.3) is 0 Å². The summed E-state index contributed by atoms with van der Waals surface area (Å²) in [5, 5.41) is 3.66. The first kappa shape index (κ1) is 12.0. The van der Waals surface area contributed by atoms with E-state index in [2.05, 4.69) is 11.9 Å². The minimum atomic E-state index is 0.166. The number of hydrogen-bond donors (Lipinski definition) is 1. The van der Waals surface area contributed by atoms with Crippen molar-refractivity contribution in [2.45, 2.75) is 6.42 Å². The molecule has 0 unspecified atom stereocenters. The molecule has 1 rings (SSSR count). The smallest absolute Gasteiger partial charge is 0.150 e. The van der Waals surface area contributed by atoms with Gasteiger partial charge in [-0.15, -0.1) is 6.58 Å². The first-order valence-corrected chi connectivity index (χ1v) is 5.18. The van der Waals surface area contributed by atoms with Crippen LogP contribution in [0.4, 0.5) is 0 Å². The van der Waals surface area contributed by atoms with Crippen molar-refractivity contribution in [1.82, 2.24) is 5.32 Å². The Labute approximate surface area is 94.9 Å². The third kappa shape index (κ3) is 4.77. The van der Waals surface area contributed by atoms with Crippen molar-refractivity contribution >= 4 is 17.4 Å². The topological polar surface area (TPSA) is 29.1 Å². The fourth-order valence-corrected chi connectivity index (χ4v) is 1.33. The van der Waals surface area contributed by atoms with Gasteiger partial charge in [0.1, 0.15) is 0 Å². The second-order valence-electron chi connectivity index (χ2n) is 3.26. The second kappa shape index (κ2) is 6.38. The number of hydrogen-bond acceptors (Lipinski definition) is 2. The SMILES string of the molecule is C=CCNCC(=O)Cc1ccc(Cl)cc1. The van der Waals surface area contributed by atoms with E-state index in [0.29, 0.717) is 24.5 Å². The first-order chi connectivity index (χ1) is 7.22. The van der Waals surface area contributed by atoms with E-state index in [-0.39, 0.29) is 5.78 Å². The minimum Gasteiger partial charge on any atom is -0.307 e. The lowest BCUT2D eigenvalue weighted by Gasteiger charge is -2.02. The van der Waals surface area contributed by atoms with Crippen LogP contribution >= 0.6 is 11.6 Å². The summed E-state index contributed by atoms with van der Waals surface area (Å²) in [6.45, 7) is 4.61. The van der Waals surface area contributed by atoms with Gasteiger partial charge in [-0.2, -0.15) is 0 Å². The molecule has 0 aliphatic heterocycles. The maximum Gasteiger partial charge on any atom is 0.150 e. The molecule has 0 aromatic heterocycles. The largest absolute Gasteiger partial charge is 0.307 e. The van der Waals surface area contributed by atoms with Crippen molar-refractivity contribution < 1.29 is 4.79 Å². The predicted molar refractivity (Wildman–Crippen MR) is 63.2 cm³/mol. The van der Waals surface area contributed by atoms with Gasteiger partial charge in [0.05, 0.1) is 6.54 Å². The van der Waals surface area contributed by atoms with Crippen molar-refractivity contribution in [1.29, 1.82) is 0 Å². The van der Waals surface area contributed by atoms with Gasteiger partial charge < -0.3 is 5.32 Å². The maximum atomic E-state index is 11.4. The normalized spacial score (nSPS) is 9.93. The zero-order valence-electron chi connectivity index (χ0n) is 8.50. The van der Waals surface area contributed by atoms with E-state index < -0.39 is 0 Å². The molecule has 1 N–H and O–H groups in total. The molecule has 0 radical (unpaired) electrons. The molecule has 3 heteroatoms. The molecule has 1 aromatic carbocycles. The molecule has 0 heterocycles. The lowest BCUT2D eigenvalue weighted by atomic mass is 10.1. The van der Waals surface area contributed by atoms with Crippen molar-refractivity contribution in [2.75, 3.05) is 13.1 Å². The number of benzene rings is 1. The average molecular weight is 224 g/mol. The zero-order chi connectivity index (χ0) is 11.1. The third-order valence-corrected chi connectivity index (χ3v) is 2.18. The van der Waals surface area contributed by atoms with Gasteiger partial charge in [0, 0.05) is 18.0 Å². The number of carbonyl (C=O) groups is 1. The number of ketones is 1. The highest BCUT2D eigenvalue weighted by Crippen LogP contribution is 2.09. The Hall–Kier alpha value is -1.12. The van der Waals surface area contributed by atoms with Crippen LogP contribution in [0.5, 0.6) is 0 Å². The summed E-state index contributed by atoms with van der Waals surface area (Å²) in [7, 11) is 0. The molecule has 0 bridgehead atoms. The number of rotatable bonds is 6. The molecule has 0 fully saturated rings. The number of carbonyl (C=O) groups excluding carboxylic acids is 1. The molecule has 1 aromatic rings. The Bertz CT molecular complexity index is 332. The van der Waals surface area contributed by atoms with Crippen LogP contribution in [0, 0.1) is 0 Å². The Morgan fingerprint density at radius 1 is 1.40 bits per heavy atom. The van der Waals surface area contributed by atoms with E-state index >= 15 is 0 Å². The van der Waals surface area contributed by atoms with E-state index in [4.69, 9.17) is 11.6 Å². The predicted octanol–water partition coefficient (Wildman–Crippen LogP) is 2.23. The Morgan fingerprint density at radius 2 is 2.07 bits per heavy atom. The van der Waals surface area contributed by atoms with Gasteiger partial charge >= 0.3 is 0 Å². The van der Waals surface area contributed by atoms with Crippen LogP contribution in [0.1, 0.15) is 5.56 Å². The van der Waals surface area contributed by atoms with Crippen LogP contribution in [-0.2, 0) is 11.2 Å². The molecule has 2 nitrogen and oxygen atoms in total. The lowest BCUT2D eigenvalue weighted by Crippen LogP contribution is -2.24. The molecule has 0 aliphatic carbocycles. The summed E-state index contributed by atoms with van der Waals surface area (Å²) in [4.78, 5) is 11.4. The standard InChI is InChI=1S/C12H14ClNO/c1-2-7-14-9-12(15)8-10-3-5-11(13)6-4-10/h2-6,14H,1,7-9H2. The van der Waals surface area contributed by atoms with Crippen molar-refractivity contribution in [3.63, 3.8) is 0 Å². The van der Waals surface area contributed by atoms with Crippen LogP contribution in [0.15, 0.2) is 36.9 Å². The molecule has 80 valence electrons. The van der Waals surface area contributed by atoms with Gasteiger partial charge in [-0.05, 0) is 17.7 Å². The highest BCUT2D eigenvalue weighted by Gasteiger charge is 2.02. The van der Waals surface area contributed by atoms with Crippen LogP contribution in [0.25, 0.3) is 0 Å². The molecular formula is C12H14ClNO. The third-order valence-electron chi connectivity index (χ3n) is 1.93. The van der Waals surface area contributed by atoms with E-state index in [0.717, 1.165) is 5.56 Å². The molecule has 15 heavy (non-hydrogen) atoms. The van der Waals surface area contributed by atoms with Crippen molar-refractivity contribution in [2.24, 2.45) is 0 Å². The van der Waals surface area contributed by atoms with Gasteiger partial charge in [-0.3, -0.25) is 4.79 Å². The van der Waals surface area contributed by atoms with E-state index in [1.807, 2.05) is 12.1 Å². The van der Waals surface area contributed by atoms with Crippen LogP contribution < -0.4 is 5.32 Å². The van der Waals surface area contributed by atoms with E-state index in [9.17, 15) is 4.79 Å². The van der Waals surface area contributed by atoms with Gasteiger partial charge in [0.15, 0.2) is 5.78 Å². The fourth-order valence-electron chi connectivity index (χ4n) is 1.21. The monoisotopic (exact) mass is 223 g/mol. The Balaban J connectivity index is 2.37. The summed E-state index contributed by atoms with van der Waals surface area (Å²) in [5.74, 6) is 0.166. The molecule has 0 amide bonds. The summed E-state index contributed by atoms with van der Waals surface area (Å²) in [6.07, 6.45) is 2.18. The number of halogens is 1. The average Bonchev–Trinajstić information content (AvgIpc) is 2.22. The molecule has 0 saturated carbocycles. The van der Waals surface area contributed by atoms with Gasteiger partial charge in [-0.25, -0.2) is 0 Å². The van der Waals surface area contributed by atoms with Gasteiger partial charge in [0.2, 0.25) is 0 Å². The zero-order valence-corrected chi connectivity index (χ0v) is 9.26. The number of nitrogens with one attached hydrogen (secondary N) is 1.